The summed E-state index contributed by atoms with van der Waals surface area (Å²) in [6.45, 7) is 7.67. The van der Waals surface area contributed by atoms with Crippen LogP contribution in [0, 0.1) is 22.7 Å². The molecular formula is C17H23ClN2. The van der Waals surface area contributed by atoms with Crippen LogP contribution in [0.4, 0.5) is 0 Å². The maximum Gasteiger partial charge on any atom is 0.0627 e. The van der Waals surface area contributed by atoms with Crippen molar-refractivity contribution >= 4 is 11.6 Å². The van der Waals surface area contributed by atoms with Gasteiger partial charge in [0.15, 0.2) is 0 Å². The summed E-state index contributed by atoms with van der Waals surface area (Å²) >= 11 is 5.92. The monoisotopic (exact) mass is 290 g/mol. The zero-order chi connectivity index (χ0) is 14.6. The average Bonchev–Trinajstić information content (AvgIpc) is 2.44. The molecule has 0 aliphatic carbocycles. The Morgan fingerprint density at radius 2 is 1.85 bits per heavy atom. The SMILES string of the molecule is CC(C)C1(CC#N)CCN(Cc2ccc(Cl)cc2)CC1. The van der Waals surface area contributed by atoms with Gasteiger partial charge in [-0.3, -0.25) is 4.90 Å². The third kappa shape index (κ3) is 3.53. The molecule has 1 saturated heterocycles. The van der Waals surface area contributed by atoms with Gasteiger partial charge in [-0.15, -0.1) is 0 Å². The number of benzene rings is 1. The molecule has 1 aromatic carbocycles. The lowest BCUT2D eigenvalue weighted by Crippen LogP contribution is -2.42. The number of piperidine rings is 1. The molecule has 1 aliphatic heterocycles. The van der Waals surface area contributed by atoms with Gasteiger partial charge in [-0.05, 0) is 55.0 Å². The molecule has 3 heteroatoms. The normalized spacial score (nSPS) is 18.9. The van der Waals surface area contributed by atoms with E-state index in [-0.39, 0.29) is 5.41 Å². The minimum Gasteiger partial charge on any atom is -0.299 e. The Kier molecular flexibility index (Phi) is 5.07. The van der Waals surface area contributed by atoms with Crippen LogP contribution >= 0.6 is 11.6 Å². The number of likely N-dealkylation sites (tertiary alicyclic amines) is 1. The lowest BCUT2D eigenvalue weighted by atomic mass is 9.68. The fourth-order valence-corrected chi connectivity index (χ4v) is 3.25. The molecule has 1 aliphatic rings. The second-order valence-corrected chi connectivity index (χ2v) is 6.69. The Balaban J connectivity index is 1.93. The van der Waals surface area contributed by atoms with Crippen molar-refractivity contribution in [2.45, 2.75) is 39.7 Å². The van der Waals surface area contributed by atoms with Gasteiger partial charge >= 0.3 is 0 Å². The summed E-state index contributed by atoms with van der Waals surface area (Å²) in [7, 11) is 0. The van der Waals surface area contributed by atoms with Crippen molar-refractivity contribution in [2.24, 2.45) is 11.3 Å². The molecule has 2 rings (SSSR count). The summed E-state index contributed by atoms with van der Waals surface area (Å²) < 4.78 is 0. The van der Waals surface area contributed by atoms with Gasteiger partial charge in [-0.2, -0.15) is 5.26 Å². The van der Waals surface area contributed by atoms with E-state index < -0.39 is 0 Å². The fourth-order valence-electron chi connectivity index (χ4n) is 3.12. The van der Waals surface area contributed by atoms with Gasteiger partial charge in [0.1, 0.15) is 0 Å². The van der Waals surface area contributed by atoms with E-state index in [0.29, 0.717) is 12.3 Å². The molecule has 0 spiro atoms. The van der Waals surface area contributed by atoms with Crippen LogP contribution in [0.1, 0.15) is 38.7 Å². The van der Waals surface area contributed by atoms with Crippen LogP contribution in [-0.4, -0.2) is 18.0 Å². The van der Waals surface area contributed by atoms with Crippen molar-refractivity contribution in [2.75, 3.05) is 13.1 Å². The van der Waals surface area contributed by atoms with Gasteiger partial charge in [-0.1, -0.05) is 37.6 Å². The largest absolute Gasteiger partial charge is 0.299 e. The minimum absolute atomic E-state index is 0.227. The van der Waals surface area contributed by atoms with Gasteiger partial charge in [0, 0.05) is 18.0 Å². The molecule has 20 heavy (non-hydrogen) atoms. The molecule has 0 bridgehead atoms. The van der Waals surface area contributed by atoms with Gasteiger partial charge in [0.25, 0.3) is 0 Å². The first-order valence-electron chi connectivity index (χ1n) is 7.39. The maximum absolute atomic E-state index is 9.08. The van der Waals surface area contributed by atoms with E-state index in [2.05, 4.69) is 36.9 Å². The molecule has 1 heterocycles. The average molecular weight is 291 g/mol. The zero-order valence-corrected chi connectivity index (χ0v) is 13.2. The molecule has 0 saturated carbocycles. The molecule has 2 nitrogen and oxygen atoms in total. The van der Waals surface area contributed by atoms with Crippen molar-refractivity contribution < 1.29 is 0 Å². The summed E-state index contributed by atoms with van der Waals surface area (Å²) in [5, 5.41) is 9.88. The maximum atomic E-state index is 9.08. The van der Waals surface area contributed by atoms with E-state index in [0.717, 1.165) is 37.5 Å². The lowest BCUT2D eigenvalue weighted by Gasteiger charge is -2.43. The van der Waals surface area contributed by atoms with Gasteiger partial charge in [0.2, 0.25) is 0 Å². The molecule has 0 atom stereocenters. The number of hydrogen-bond donors (Lipinski definition) is 0. The minimum atomic E-state index is 0.227. The second-order valence-electron chi connectivity index (χ2n) is 6.25. The van der Waals surface area contributed by atoms with E-state index in [1.807, 2.05) is 12.1 Å². The van der Waals surface area contributed by atoms with Crippen LogP contribution in [0.15, 0.2) is 24.3 Å². The number of halogens is 1. The van der Waals surface area contributed by atoms with Crippen molar-refractivity contribution in [1.82, 2.24) is 4.90 Å². The van der Waals surface area contributed by atoms with Crippen LogP contribution in [0.5, 0.6) is 0 Å². The zero-order valence-electron chi connectivity index (χ0n) is 12.4. The molecule has 0 aromatic heterocycles. The Hall–Kier alpha value is -1.04. The summed E-state index contributed by atoms with van der Waals surface area (Å²) in [5.41, 5.74) is 1.54. The molecular weight excluding hydrogens is 268 g/mol. The third-order valence-corrected chi connectivity index (χ3v) is 5.08. The first-order valence-corrected chi connectivity index (χ1v) is 7.77. The highest BCUT2D eigenvalue weighted by Gasteiger charge is 2.37. The summed E-state index contributed by atoms with van der Waals surface area (Å²) in [5.74, 6) is 0.583. The van der Waals surface area contributed by atoms with Crippen molar-refractivity contribution in [3.05, 3.63) is 34.9 Å². The lowest BCUT2D eigenvalue weighted by molar-refractivity contribution is 0.0617. The van der Waals surface area contributed by atoms with Crippen LogP contribution in [0.2, 0.25) is 5.02 Å². The second kappa shape index (κ2) is 6.61. The van der Waals surface area contributed by atoms with Gasteiger partial charge in [-0.25, -0.2) is 0 Å². The Morgan fingerprint density at radius 3 is 2.35 bits per heavy atom. The molecule has 1 fully saturated rings. The molecule has 0 radical (unpaired) electrons. The quantitative estimate of drug-likeness (QED) is 0.817. The van der Waals surface area contributed by atoms with Crippen LogP contribution in [-0.2, 0) is 6.54 Å². The highest BCUT2D eigenvalue weighted by atomic mass is 35.5. The van der Waals surface area contributed by atoms with Crippen LogP contribution < -0.4 is 0 Å². The highest BCUT2D eigenvalue weighted by molar-refractivity contribution is 6.30. The Bertz CT molecular complexity index is 465. The van der Waals surface area contributed by atoms with Crippen molar-refractivity contribution in [3.63, 3.8) is 0 Å². The van der Waals surface area contributed by atoms with Gasteiger partial charge < -0.3 is 0 Å². The van der Waals surface area contributed by atoms with E-state index in [9.17, 15) is 0 Å². The molecule has 0 N–H and O–H groups in total. The van der Waals surface area contributed by atoms with Crippen LogP contribution in [0.25, 0.3) is 0 Å². The molecule has 0 amide bonds. The molecule has 108 valence electrons. The van der Waals surface area contributed by atoms with E-state index in [1.165, 1.54) is 5.56 Å². The van der Waals surface area contributed by atoms with Crippen molar-refractivity contribution in [1.29, 1.82) is 5.26 Å². The van der Waals surface area contributed by atoms with Gasteiger partial charge in [0.05, 0.1) is 6.07 Å². The molecule has 0 unspecified atom stereocenters. The van der Waals surface area contributed by atoms with E-state index >= 15 is 0 Å². The summed E-state index contributed by atoms with van der Waals surface area (Å²) in [4.78, 5) is 2.49. The van der Waals surface area contributed by atoms with E-state index in [4.69, 9.17) is 16.9 Å². The summed E-state index contributed by atoms with van der Waals surface area (Å²) in [6.07, 6.45) is 2.96. The highest BCUT2D eigenvalue weighted by Crippen LogP contribution is 2.41. The Morgan fingerprint density at radius 1 is 1.25 bits per heavy atom. The van der Waals surface area contributed by atoms with Crippen molar-refractivity contribution in [3.8, 4) is 6.07 Å². The predicted molar refractivity (Wildman–Crippen MR) is 83.5 cm³/mol. The first kappa shape index (κ1) is 15.4. The predicted octanol–water partition coefficient (Wildman–Crippen LogP) is 4.49. The summed E-state index contributed by atoms with van der Waals surface area (Å²) in [6, 6.07) is 10.5. The smallest absolute Gasteiger partial charge is 0.0627 e. The molecule has 1 aromatic rings. The first-order chi connectivity index (χ1) is 9.55. The number of nitrogens with zero attached hydrogens (tertiary/aromatic N) is 2. The number of rotatable bonds is 4. The number of nitriles is 1. The standard InChI is InChI=1S/C17H23ClN2/c1-14(2)17(7-10-19)8-11-20(12-9-17)13-15-3-5-16(18)6-4-15/h3-6,14H,7-9,11-13H2,1-2H3. The van der Waals surface area contributed by atoms with E-state index in [1.54, 1.807) is 0 Å². The fraction of sp³-hybridized carbons (Fsp3) is 0.588. The number of hydrogen-bond acceptors (Lipinski definition) is 2. The Labute approximate surface area is 127 Å². The third-order valence-electron chi connectivity index (χ3n) is 4.83. The topological polar surface area (TPSA) is 27.0 Å². The van der Waals surface area contributed by atoms with Crippen LogP contribution in [0.3, 0.4) is 0 Å².